The fourth-order valence-electron chi connectivity index (χ4n) is 1.63. The quantitative estimate of drug-likeness (QED) is 0.752. The molecule has 0 aliphatic heterocycles. The number of aromatic nitrogens is 2. The van der Waals surface area contributed by atoms with Crippen LogP contribution in [0.15, 0.2) is 12.4 Å². The van der Waals surface area contributed by atoms with E-state index in [1.165, 1.54) is 0 Å². The first-order valence-electron chi connectivity index (χ1n) is 5.03. The lowest BCUT2D eigenvalue weighted by Gasteiger charge is -2.19. The van der Waals surface area contributed by atoms with Crippen molar-refractivity contribution >= 4 is 5.91 Å². The normalized spacial score (nSPS) is 17.5. The summed E-state index contributed by atoms with van der Waals surface area (Å²) in [5.74, 6) is 0.0337. The Bertz CT molecular complexity index is 381. The van der Waals surface area contributed by atoms with Crippen LogP contribution in [0, 0.1) is 0 Å². The first kappa shape index (κ1) is 10.2. The summed E-state index contributed by atoms with van der Waals surface area (Å²) in [5.41, 5.74) is 6.29. The molecular weight excluding hydrogens is 192 g/mol. The maximum absolute atomic E-state index is 11.8. The van der Waals surface area contributed by atoms with Crippen molar-refractivity contribution in [3.63, 3.8) is 0 Å². The summed E-state index contributed by atoms with van der Waals surface area (Å²) >= 11 is 0. The van der Waals surface area contributed by atoms with E-state index >= 15 is 0 Å². The maximum Gasteiger partial charge on any atom is 0.242 e. The first-order valence-corrected chi connectivity index (χ1v) is 5.03. The molecule has 0 radical (unpaired) electrons. The van der Waals surface area contributed by atoms with E-state index in [0.29, 0.717) is 6.54 Å². The molecule has 1 aliphatic rings. The number of aryl methyl sites for hydroxylation is 1. The lowest BCUT2D eigenvalue weighted by Crippen LogP contribution is -2.43. The highest BCUT2D eigenvalue weighted by molar-refractivity contribution is 5.88. The van der Waals surface area contributed by atoms with Crippen LogP contribution in [0.1, 0.15) is 18.4 Å². The van der Waals surface area contributed by atoms with E-state index in [-0.39, 0.29) is 5.91 Å². The average molecular weight is 208 g/mol. The van der Waals surface area contributed by atoms with Crippen molar-refractivity contribution in [3.05, 3.63) is 18.0 Å². The van der Waals surface area contributed by atoms with Gasteiger partial charge in [-0.2, -0.15) is 5.10 Å². The minimum absolute atomic E-state index is 0.0337. The van der Waals surface area contributed by atoms with Gasteiger partial charge in [0.1, 0.15) is 0 Å². The van der Waals surface area contributed by atoms with Crippen LogP contribution in [0.4, 0.5) is 0 Å². The highest BCUT2D eigenvalue weighted by Crippen LogP contribution is 2.34. The molecule has 2 rings (SSSR count). The molecule has 5 nitrogen and oxygen atoms in total. The van der Waals surface area contributed by atoms with Gasteiger partial charge >= 0.3 is 0 Å². The van der Waals surface area contributed by atoms with Crippen molar-refractivity contribution in [2.75, 3.05) is 7.05 Å². The van der Waals surface area contributed by atoms with Crippen LogP contribution in [0.2, 0.25) is 0 Å². The van der Waals surface area contributed by atoms with Gasteiger partial charge in [-0.1, -0.05) is 0 Å². The highest BCUT2D eigenvalue weighted by atomic mass is 16.2. The van der Waals surface area contributed by atoms with Crippen LogP contribution >= 0.6 is 0 Å². The number of nitrogens with two attached hydrogens (primary N) is 1. The van der Waals surface area contributed by atoms with Gasteiger partial charge in [0, 0.05) is 32.4 Å². The Hall–Kier alpha value is -1.36. The zero-order chi connectivity index (χ0) is 11.1. The third-order valence-electron chi connectivity index (χ3n) is 2.74. The molecule has 0 spiro atoms. The number of carbonyl (C=O) groups is 1. The zero-order valence-electron chi connectivity index (χ0n) is 9.10. The van der Waals surface area contributed by atoms with Crippen LogP contribution in [-0.2, 0) is 18.4 Å². The van der Waals surface area contributed by atoms with Crippen LogP contribution in [-0.4, -0.2) is 33.2 Å². The molecule has 1 aromatic heterocycles. The molecule has 0 bridgehead atoms. The van der Waals surface area contributed by atoms with E-state index in [4.69, 9.17) is 5.73 Å². The molecule has 1 aromatic rings. The Morgan fingerprint density at radius 3 is 2.87 bits per heavy atom. The summed E-state index contributed by atoms with van der Waals surface area (Å²) in [4.78, 5) is 13.5. The van der Waals surface area contributed by atoms with Gasteiger partial charge < -0.3 is 10.6 Å². The minimum Gasteiger partial charge on any atom is -0.340 e. The molecule has 5 heteroatoms. The number of nitrogens with zero attached hydrogens (tertiary/aromatic N) is 3. The fourth-order valence-corrected chi connectivity index (χ4v) is 1.63. The zero-order valence-corrected chi connectivity index (χ0v) is 9.10. The number of carbonyl (C=O) groups excluding carboxylic acids is 1. The molecule has 1 heterocycles. The number of likely N-dealkylation sites (N-methyl/N-ethyl adjacent to an activating group) is 1. The monoisotopic (exact) mass is 208 g/mol. The molecule has 0 unspecified atom stereocenters. The van der Waals surface area contributed by atoms with Gasteiger partial charge in [-0.25, -0.2) is 0 Å². The number of hydrogen-bond donors (Lipinski definition) is 1. The van der Waals surface area contributed by atoms with Crippen molar-refractivity contribution in [2.45, 2.75) is 24.9 Å². The van der Waals surface area contributed by atoms with Crippen molar-refractivity contribution in [3.8, 4) is 0 Å². The molecule has 15 heavy (non-hydrogen) atoms. The summed E-state index contributed by atoms with van der Waals surface area (Å²) < 4.78 is 1.73. The van der Waals surface area contributed by atoms with Crippen molar-refractivity contribution in [1.82, 2.24) is 14.7 Å². The van der Waals surface area contributed by atoms with Gasteiger partial charge in [0.15, 0.2) is 0 Å². The van der Waals surface area contributed by atoms with E-state index < -0.39 is 5.54 Å². The van der Waals surface area contributed by atoms with Gasteiger partial charge in [-0.3, -0.25) is 9.48 Å². The summed E-state index contributed by atoms with van der Waals surface area (Å²) in [7, 11) is 3.64. The second-order valence-electron chi connectivity index (χ2n) is 4.34. The van der Waals surface area contributed by atoms with Crippen molar-refractivity contribution in [2.24, 2.45) is 12.8 Å². The standard InChI is InChI=1S/C10H16N4O/c1-13(9(15)10(11)3-4-10)6-8-5-12-14(2)7-8/h5,7H,3-4,6,11H2,1-2H3. The van der Waals surface area contributed by atoms with Crippen LogP contribution < -0.4 is 5.73 Å². The molecule has 1 saturated carbocycles. The van der Waals surface area contributed by atoms with Gasteiger partial charge in [0.2, 0.25) is 5.91 Å². The smallest absolute Gasteiger partial charge is 0.242 e. The van der Waals surface area contributed by atoms with E-state index in [2.05, 4.69) is 5.10 Å². The van der Waals surface area contributed by atoms with E-state index in [1.807, 2.05) is 13.2 Å². The van der Waals surface area contributed by atoms with Gasteiger partial charge in [-0.05, 0) is 12.8 Å². The predicted octanol–water partition coefficient (Wildman–Crippen LogP) is -0.130. The first-order chi connectivity index (χ1) is 7.01. The lowest BCUT2D eigenvalue weighted by molar-refractivity contribution is -0.132. The predicted molar refractivity (Wildman–Crippen MR) is 55.8 cm³/mol. The second kappa shape index (κ2) is 3.34. The molecule has 2 N–H and O–H groups in total. The Morgan fingerprint density at radius 1 is 1.73 bits per heavy atom. The summed E-state index contributed by atoms with van der Waals surface area (Å²) in [6.07, 6.45) is 5.28. The van der Waals surface area contributed by atoms with Gasteiger partial charge in [0.05, 0.1) is 11.7 Å². The van der Waals surface area contributed by atoms with Crippen molar-refractivity contribution in [1.29, 1.82) is 0 Å². The Morgan fingerprint density at radius 2 is 2.40 bits per heavy atom. The molecule has 1 aliphatic carbocycles. The molecule has 1 amide bonds. The maximum atomic E-state index is 11.8. The molecule has 0 atom stereocenters. The van der Waals surface area contributed by atoms with Crippen LogP contribution in [0.25, 0.3) is 0 Å². The van der Waals surface area contributed by atoms with Gasteiger partial charge in [0.25, 0.3) is 0 Å². The molecule has 1 fully saturated rings. The van der Waals surface area contributed by atoms with Crippen LogP contribution in [0.3, 0.4) is 0 Å². The third kappa shape index (κ3) is 2.02. The van der Waals surface area contributed by atoms with Gasteiger partial charge in [-0.15, -0.1) is 0 Å². The number of rotatable bonds is 3. The molecule has 0 aromatic carbocycles. The minimum atomic E-state index is -0.572. The van der Waals surface area contributed by atoms with Crippen LogP contribution in [0.5, 0.6) is 0 Å². The van der Waals surface area contributed by atoms with E-state index in [1.54, 1.807) is 22.8 Å². The highest BCUT2D eigenvalue weighted by Gasteiger charge is 2.47. The summed E-state index contributed by atoms with van der Waals surface area (Å²) in [6, 6.07) is 0. The largest absolute Gasteiger partial charge is 0.340 e. The lowest BCUT2D eigenvalue weighted by atomic mass is 10.2. The number of amides is 1. The van der Waals surface area contributed by atoms with E-state index in [0.717, 1.165) is 18.4 Å². The Labute approximate surface area is 88.8 Å². The summed E-state index contributed by atoms with van der Waals surface area (Å²) in [6.45, 7) is 0.575. The molecular formula is C10H16N4O. The topological polar surface area (TPSA) is 64.2 Å². The Kier molecular flexibility index (Phi) is 2.26. The summed E-state index contributed by atoms with van der Waals surface area (Å²) in [5, 5.41) is 4.05. The Balaban J connectivity index is 1.97. The molecule has 82 valence electrons. The van der Waals surface area contributed by atoms with E-state index in [9.17, 15) is 4.79 Å². The average Bonchev–Trinajstić information content (AvgIpc) is 2.80. The van der Waals surface area contributed by atoms with Crippen molar-refractivity contribution < 1.29 is 4.79 Å². The fraction of sp³-hybridized carbons (Fsp3) is 0.600. The molecule has 0 saturated heterocycles. The second-order valence-corrected chi connectivity index (χ2v) is 4.34. The number of hydrogen-bond acceptors (Lipinski definition) is 3. The SMILES string of the molecule is CN(Cc1cnn(C)c1)C(=O)C1(N)CC1. The third-order valence-corrected chi connectivity index (χ3v) is 2.74.